The molecule has 0 aromatic heterocycles. The number of halogens is 1. The first kappa shape index (κ1) is 25.9. The monoisotopic (exact) mass is 544 g/mol. The Morgan fingerprint density at radius 2 is 1.46 bits per heavy atom. The van der Waals surface area contributed by atoms with Crippen LogP contribution in [0.4, 0.5) is 16.2 Å². The zero-order valence-electron chi connectivity index (χ0n) is 19.4. The molecule has 0 bridgehead atoms. The van der Waals surface area contributed by atoms with Gasteiger partial charge in [0.15, 0.2) is 0 Å². The first-order valence-corrected chi connectivity index (χ1v) is 11.5. The standard InChI is InChI=1S/C24H25BrN4O6/c1-24(2,3)35-23(34)26-11-10-19(30)27-15-5-7-16(8-6-15)28-20(31)13-29-21(32)17-9-4-14(25)12-18(17)22(29)33/h4-9,12H,10-11,13H2,1-3H3,(H,26,34)(H,27,30)(H,28,31). The maximum Gasteiger partial charge on any atom is 0.407 e. The molecule has 0 fully saturated rings. The number of fused-ring (bicyclic) bond motifs is 1. The van der Waals surface area contributed by atoms with E-state index < -0.39 is 36.0 Å². The van der Waals surface area contributed by atoms with Crippen LogP contribution in [0.2, 0.25) is 0 Å². The summed E-state index contributed by atoms with van der Waals surface area (Å²) in [5.41, 5.74) is 0.812. The molecule has 184 valence electrons. The molecule has 35 heavy (non-hydrogen) atoms. The third-order valence-corrected chi connectivity index (χ3v) is 5.20. The van der Waals surface area contributed by atoms with E-state index in [9.17, 15) is 24.0 Å². The van der Waals surface area contributed by atoms with E-state index in [0.29, 0.717) is 15.8 Å². The molecule has 1 heterocycles. The molecular weight excluding hydrogens is 520 g/mol. The van der Waals surface area contributed by atoms with Crippen LogP contribution in [0.25, 0.3) is 0 Å². The number of benzene rings is 2. The number of anilines is 2. The molecule has 0 saturated heterocycles. The molecule has 0 saturated carbocycles. The van der Waals surface area contributed by atoms with Crippen LogP contribution in [0.1, 0.15) is 47.9 Å². The Hall–Kier alpha value is -3.73. The highest BCUT2D eigenvalue weighted by molar-refractivity contribution is 9.10. The van der Waals surface area contributed by atoms with Gasteiger partial charge in [-0.2, -0.15) is 0 Å². The third kappa shape index (κ3) is 7.12. The number of nitrogens with zero attached hydrogens (tertiary/aromatic N) is 1. The maximum absolute atomic E-state index is 12.5. The van der Waals surface area contributed by atoms with E-state index in [1.807, 2.05) is 0 Å². The van der Waals surface area contributed by atoms with Crippen LogP contribution < -0.4 is 16.0 Å². The summed E-state index contributed by atoms with van der Waals surface area (Å²) in [4.78, 5) is 61.9. The second-order valence-corrected chi connectivity index (χ2v) is 9.65. The predicted molar refractivity (Wildman–Crippen MR) is 132 cm³/mol. The molecule has 3 N–H and O–H groups in total. The van der Waals surface area contributed by atoms with Gasteiger partial charge in [-0.1, -0.05) is 15.9 Å². The lowest BCUT2D eigenvalue weighted by molar-refractivity contribution is -0.117. The molecule has 3 rings (SSSR count). The molecule has 1 aliphatic rings. The number of rotatable bonds is 7. The summed E-state index contributed by atoms with van der Waals surface area (Å²) >= 11 is 3.27. The number of carbonyl (C=O) groups is 5. The van der Waals surface area contributed by atoms with Crippen LogP contribution in [0, 0.1) is 0 Å². The number of amides is 5. The van der Waals surface area contributed by atoms with Crippen molar-refractivity contribution >= 4 is 57.0 Å². The van der Waals surface area contributed by atoms with Crippen molar-refractivity contribution in [2.45, 2.75) is 32.8 Å². The minimum Gasteiger partial charge on any atom is -0.444 e. The average Bonchev–Trinajstić information content (AvgIpc) is 2.98. The van der Waals surface area contributed by atoms with Crippen LogP contribution in [0.3, 0.4) is 0 Å². The molecule has 0 radical (unpaired) electrons. The molecule has 0 unspecified atom stereocenters. The summed E-state index contributed by atoms with van der Waals surface area (Å²) in [5.74, 6) is -1.90. The van der Waals surface area contributed by atoms with Crippen molar-refractivity contribution in [1.82, 2.24) is 10.2 Å². The number of ether oxygens (including phenoxy) is 1. The second-order valence-electron chi connectivity index (χ2n) is 8.74. The van der Waals surface area contributed by atoms with Gasteiger partial charge in [0.05, 0.1) is 11.1 Å². The van der Waals surface area contributed by atoms with Gasteiger partial charge in [0.25, 0.3) is 11.8 Å². The minimum atomic E-state index is -0.620. The van der Waals surface area contributed by atoms with Gasteiger partial charge in [0.2, 0.25) is 11.8 Å². The van der Waals surface area contributed by atoms with E-state index in [1.54, 1.807) is 57.2 Å². The topological polar surface area (TPSA) is 134 Å². The Labute approximate surface area is 210 Å². The number of hydrogen-bond donors (Lipinski definition) is 3. The zero-order chi connectivity index (χ0) is 25.8. The summed E-state index contributed by atoms with van der Waals surface area (Å²) in [6.45, 7) is 4.93. The third-order valence-electron chi connectivity index (χ3n) is 4.71. The number of carbonyl (C=O) groups excluding carboxylic acids is 5. The number of imide groups is 1. The summed E-state index contributed by atoms with van der Waals surface area (Å²) in [7, 11) is 0. The van der Waals surface area contributed by atoms with Crippen molar-refractivity contribution in [1.29, 1.82) is 0 Å². The molecule has 2 aromatic carbocycles. The molecular formula is C24H25BrN4O6. The lowest BCUT2D eigenvalue weighted by Crippen LogP contribution is -2.37. The van der Waals surface area contributed by atoms with Crippen molar-refractivity contribution in [2.24, 2.45) is 0 Å². The van der Waals surface area contributed by atoms with Crippen LogP contribution in [-0.2, 0) is 14.3 Å². The van der Waals surface area contributed by atoms with E-state index in [1.165, 1.54) is 6.07 Å². The largest absolute Gasteiger partial charge is 0.444 e. The van der Waals surface area contributed by atoms with Gasteiger partial charge < -0.3 is 20.7 Å². The summed E-state index contributed by atoms with van der Waals surface area (Å²) in [6, 6.07) is 11.1. The van der Waals surface area contributed by atoms with E-state index in [2.05, 4.69) is 31.9 Å². The summed E-state index contributed by atoms with van der Waals surface area (Å²) in [6.07, 6.45) is -0.548. The quantitative estimate of drug-likeness (QED) is 0.456. The molecule has 0 atom stereocenters. The highest BCUT2D eigenvalue weighted by Gasteiger charge is 2.36. The van der Waals surface area contributed by atoms with Gasteiger partial charge in [0, 0.05) is 28.8 Å². The lowest BCUT2D eigenvalue weighted by Gasteiger charge is -2.19. The molecule has 0 spiro atoms. The molecule has 2 aromatic rings. The van der Waals surface area contributed by atoms with Crippen LogP contribution in [-0.4, -0.2) is 53.3 Å². The van der Waals surface area contributed by atoms with Gasteiger partial charge in [-0.05, 0) is 63.2 Å². The molecule has 5 amide bonds. The number of alkyl carbamates (subject to hydrolysis) is 1. The first-order chi connectivity index (χ1) is 16.4. The Bertz CT molecular complexity index is 1170. The Morgan fingerprint density at radius 1 is 0.886 bits per heavy atom. The SMILES string of the molecule is CC(C)(C)OC(=O)NCCC(=O)Nc1ccc(NC(=O)CN2C(=O)c3ccc(Br)cc3C2=O)cc1. The zero-order valence-corrected chi connectivity index (χ0v) is 21.0. The number of nitrogens with one attached hydrogen (secondary N) is 3. The van der Waals surface area contributed by atoms with Gasteiger partial charge in [0.1, 0.15) is 12.1 Å². The van der Waals surface area contributed by atoms with E-state index in [-0.39, 0.29) is 30.0 Å². The average molecular weight is 545 g/mol. The number of hydrogen-bond acceptors (Lipinski definition) is 6. The van der Waals surface area contributed by atoms with Crippen LogP contribution in [0.15, 0.2) is 46.9 Å². The molecule has 0 aliphatic carbocycles. The fourth-order valence-corrected chi connectivity index (χ4v) is 3.56. The van der Waals surface area contributed by atoms with Crippen molar-refractivity contribution in [3.8, 4) is 0 Å². The maximum atomic E-state index is 12.5. The van der Waals surface area contributed by atoms with E-state index in [4.69, 9.17) is 4.74 Å². The smallest absolute Gasteiger partial charge is 0.407 e. The van der Waals surface area contributed by atoms with Gasteiger partial charge in [-0.3, -0.25) is 24.1 Å². The predicted octanol–water partition coefficient (Wildman–Crippen LogP) is 3.54. The van der Waals surface area contributed by atoms with Crippen LogP contribution >= 0.6 is 15.9 Å². The minimum absolute atomic E-state index is 0.0502. The fraction of sp³-hybridized carbons (Fsp3) is 0.292. The fourth-order valence-electron chi connectivity index (χ4n) is 3.20. The second kappa shape index (κ2) is 10.7. The molecule has 10 nitrogen and oxygen atoms in total. The van der Waals surface area contributed by atoms with E-state index in [0.717, 1.165) is 4.90 Å². The van der Waals surface area contributed by atoms with Gasteiger partial charge in [-0.25, -0.2) is 4.79 Å². The highest BCUT2D eigenvalue weighted by atomic mass is 79.9. The van der Waals surface area contributed by atoms with E-state index >= 15 is 0 Å². The summed E-state index contributed by atoms with van der Waals surface area (Å²) in [5, 5.41) is 7.82. The van der Waals surface area contributed by atoms with Crippen molar-refractivity contribution in [2.75, 3.05) is 23.7 Å². The van der Waals surface area contributed by atoms with Gasteiger partial charge >= 0.3 is 6.09 Å². The van der Waals surface area contributed by atoms with Crippen molar-refractivity contribution < 1.29 is 28.7 Å². The normalized spacial score (nSPS) is 12.7. The highest BCUT2D eigenvalue weighted by Crippen LogP contribution is 2.26. The first-order valence-electron chi connectivity index (χ1n) is 10.8. The Kier molecular flexibility index (Phi) is 7.90. The molecule has 11 heteroatoms. The Balaban J connectivity index is 1.46. The Morgan fingerprint density at radius 3 is 2.06 bits per heavy atom. The van der Waals surface area contributed by atoms with Gasteiger partial charge in [-0.15, -0.1) is 0 Å². The van der Waals surface area contributed by atoms with Crippen LogP contribution in [0.5, 0.6) is 0 Å². The lowest BCUT2D eigenvalue weighted by atomic mass is 10.1. The summed E-state index contributed by atoms with van der Waals surface area (Å²) < 4.78 is 5.76. The van der Waals surface area contributed by atoms with Crippen molar-refractivity contribution in [3.05, 3.63) is 58.1 Å². The molecule has 1 aliphatic heterocycles. The van der Waals surface area contributed by atoms with Crippen molar-refractivity contribution in [3.63, 3.8) is 0 Å².